The van der Waals surface area contributed by atoms with E-state index < -0.39 is 17.5 Å². The number of aliphatic hydroxyl groups is 2. The van der Waals surface area contributed by atoms with Crippen LogP contribution in [0.1, 0.15) is 37.8 Å². The molecule has 25 heavy (non-hydrogen) atoms. The summed E-state index contributed by atoms with van der Waals surface area (Å²) < 4.78 is 39.2. The first-order valence-electron chi connectivity index (χ1n) is 7.68. The van der Waals surface area contributed by atoms with Crippen molar-refractivity contribution in [3.63, 3.8) is 0 Å². The summed E-state index contributed by atoms with van der Waals surface area (Å²) in [5.41, 5.74) is 1.37. The van der Waals surface area contributed by atoms with Crippen LogP contribution in [0.4, 0.5) is 18.9 Å². The molecular weight excluding hydrogens is 353 g/mol. The van der Waals surface area contributed by atoms with Crippen LogP contribution in [0.2, 0.25) is 0 Å². The largest absolute Gasteiger partial charge is 0.447 e. The minimum atomic E-state index is -5.23. The van der Waals surface area contributed by atoms with E-state index >= 15 is 0 Å². The summed E-state index contributed by atoms with van der Waals surface area (Å²) in [4.78, 5) is 8.49. The van der Waals surface area contributed by atoms with Crippen LogP contribution in [0.3, 0.4) is 0 Å². The first kappa shape index (κ1) is 19.6. The molecule has 2 N–H and O–H groups in total. The molecule has 1 heterocycles. The Morgan fingerprint density at radius 3 is 2.48 bits per heavy atom. The van der Waals surface area contributed by atoms with Crippen LogP contribution < -0.4 is 0 Å². The molecular formula is C17H19F3N2O2S. The monoisotopic (exact) mass is 372 g/mol. The summed E-state index contributed by atoms with van der Waals surface area (Å²) in [6, 6.07) is 2.18. The summed E-state index contributed by atoms with van der Waals surface area (Å²) in [6.07, 6.45) is -2.16. The zero-order valence-corrected chi connectivity index (χ0v) is 14.9. The second kappa shape index (κ2) is 7.23. The molecule has 0 saturated heterocycles. The van der Waals surface area contributed by atoms with Crippen molar-refractivity contribution < 1.29 is 23.4 Å². The number of benzene rings is 1. The van der Waals surface area contributed by atoms with Gasteiger partial charge in [0.1, 0.15) is 5.01 Å². The fraction of sp³-hybridized carbons (Fsp3) is 0.412. The van der Waals surface area contributed by atoms with Crippen LogP contribution in [-0.4, -0.2) is 27.1 Å². The minimum Gasteiger partial charge on any atom is -0.355 e. The van der Waals surface area contributed by atoms with Gasteiger partial charge in [-0.15, -0.1) is 11.3 Å². The Bertz CT molecular complexity index is 769. The van der Waals surface area contributed by atoms with Gasteiger partial charge in [-0.1, -0.05) is 13.3 Å². The lowest BCUT2D eigenvalue weighted by atomic mass is 9.97. The topological polar surface area (TPSA) is 65.7 Å². The summed E-state index contributed by atoms with van der Waals surface area (Å²) in [5.74, 6) is -3.96. The molecule has 1 aromatic carbocycles. The zero-order valence-electron chi connectivity index (χ0n) is 14.1. The lowest BCUT2D eigenvalue weighted by Crippen LogP contribution is -2.42. The number of rotatable bonds is 5. The summed E-state index contributed by atoms with van der Waals surface area (Å²) in [5, 5.41) is 21.5. The number of aromatic nitrogens is 1. The van der Waals surface area contributed by atoms with Gasteiger partial charge in [0, 0.05) is 28.4 Å². The maximum absolute atomic E-state index is 13.1. The zero-order chi connectivity index (χ0) is 18.8. The average molecular weight is 372 g/mol. The van der Waals surface area contributed by atoms with E-state index in [4.69, 9.17) is 0 Å². The maximum Gasteiger partial charge on any atom is 0.447 e. The van der Waals surface area contributed by atoms with E-state index in [1.54, 1.807) is 19.2 Å². The molecule has 0 amide bonds. The van der Waals surface area contributed by atoms with E-state index in [9.17, 15) is 23.4 Å². The standard InChI is InChI=1S/C17H19F3N2O2S/c1-4-5-10(2)22-14-9-12(16(23,24)17(18,19)20)8-13(11(14)3)15-21-6-7-25-15/h6-9,23-24H,4-5H2,1-3H3. The quantitative estimate of drug-likeness (QED) is 0.590. The SMILES string of the molecule is CCCC(C)=Nc1cc(C(O)(O)C(F)(F)F)cc(-c2nccs2)c1C. The molecule has 0 bridgehead atoms. The fourth-order valence-corrected chi connectivity index (χ4v) is 3.09. The van der Waals surface area contributed by atoms with Gasteiger partial charge in [0.2, 0.25) is 0 Å². The normalized spacial score (nSPS) is 13.4. The Hall–Kier alpha value is -1.77. The highest BCUT2D eigenvalue weighted by Crippen LogP contribution is 2.41. The highest BCUT2D eigenvalue weighted by atomic mass is 32.1. The van der Waals surface area contributed by atoms with Gasteiger partial charge >= 0.3 is 6.18 Å². The van der Waals surface area contributed by atoms with Gasteiger partial charge in [0.25, 0.3) is 5.79 Å². The van der Waals surface area contributed by atoms with E-state index in [0.29, 0.717) is 22.6 Å². The van der Waals surface area contributed by atoms with Gasteiger partial charge < -0.3 is 10.2 Å². The molecule has 8 heteroatoms. The molecule has 1 aromatic heterocycles. The lowest BCUT2D eigenvalue weighted by Gasteiger charge is -2.26. The Labute approximate surface area is 147 Å². The maximum atomic E-state index is 13.1. The van der Waals surface area contributed by atoms with Gasteiger partial charge in [-0.25, -0.2) is 4.98 Å². The highest BCUT2D eigenvalue weighted by Gasteiger charge is 2.54. The fourth-order valence-electron chi connectivity index (χ4n) is 2.38. The number of nitrogens with zero attached hydrogens (tertiary/aromatic N) is 2. The number of thiazole rings is 1. The molecule has 0 spiro atoms. The molecule has 2 aromatic rings. The summed E-state index contributed by atoms with van der Waals surface area (Å²) in [6.45, 7) is 5.48. The molecule has 0 aliphatic carbocycles. The van der Waals surface area contributed by atoms with Crippen molar-refractivity contribution in [2.45, 2.75) is 45.6 Å². The van der Waals surface area contributed by atoms with Gasteiger partial charge in [0.05, 0.1) is 5.69 Å². The van der Waals surface area contributed by atoms with E-state index in [0.717, 1.165) is 24.3 Å². The van der Waals surface area contributed by atoms with Gasteiger partial charge in [-0.2, -0.15) is 13.2 Å². The molecule has 0 aliphatic rings. The third-order valence-electron chi connectivity index (χ3n) is 3.76. The number of hydrogen-bond donors (Lipinski definition) is 2. The second-order valence-electron chi connectivity index (χ2n) is 5.77. The molecule has 0 saturated carbocycles. The lowest BCUT2D eigenvalue weighted by molar-refractivity contribution is -0.358. The molecule has 0 fully saturated rings. The first-order chi connectivity index (χ1) is 11.6. The van der Waals surface area contributed by atoms with Crippen molar-refractivity contribution in [2.24, 2.45) is 4.99 Å². The van der Waals surface area contributed by atoms with Crippen molar-refractivity contribution >= 4 is 22.7 Å². The van der Waals surface area contributed by atoms with Crippen LogP contribution in [0.15, 0.2) is 28.7 Å². The molecule has 2 rings (SSSR count). The Morgan fingerprint density at radius 1 is 1.28 bits per heavy atom. The number of halogens is 3. The van der Waals surface area contributed by atoms with Crippen LogP contribution in [0.5, 0.6) is 0 Å². The molecule has 4 nitrogen and oxygen atoms in total. The summed E-state index contributed by atoms with van der Waals surface area (Å²) >= 11 is 1.25. The van der Waals surface area contributed by atoms with Crippen LogP contribution in [0.25, 0.3) is 10.6 Å². The molecule has 0 atom stereocenters. The third-order valence-corrected chi connectivity index (χ3v) is 4.57. The van der Waals surface area contributed by atoms with Crippen LogP contribution in [-0.2, 0) is 5.79 Å². The number of aliphatic imine (C=N–C) groups is 1. The van der Waals surface area contributed by atoms with Crippen LogP contribution >= 0.6 is 11.3 Å². The third kappa shape index (κ3) is 4.08. The van der Waals surface area contributed by atoms with Crippen molar-refractivity contribution in [1.82, 2.24) is 4.98 Å². The number of alkyl halides is 3. The molecule has 136 valence electrons. The van der Waals surface area contributed by atoms with E-state index in [1.807, 2.05) is 6.92 Å². The number of hydrogen-bond acceptors (Lipinski definition) is 5. The predicted octanol–water partition coefficient (Wildman–Crippen LogP) is 4.71. The second-order valence-corrected chi connectivity index (χ2v) is 6.67. The summed E-state index contributed by atoms with van der Waals surface area (Å²) in [7, 11) is 0. The Morgan fingerprint density at radius 2 is 1.96 bits per heavy atom. The van der Waals surface area contributed by atoms with Gasteiger partial charge in [0.15, 0.2) is 0 Å². The van der Waals surface area contributed by atoms with Crippen molar-refractivity contribution in [3.05, 3.63) is 34.8 Å². The predicted molar refractivity (Wildman–Crippen MR) is 92.1 cm³/mol. The Kier molecular flexibility index (Phi) is 5.65. The van der Waals surface area contributed by atoms with Crippen molar-refractivity contribution in [2.75, 3.05) is 0 Å². The van der Waals surface area contributed by atoms with Crippen molar-refractivity contribution in [1.29, 1.82) is 0 Å². The minimum absolute atomic E-state index is 0.269. The van der Waals surface area contributed by atoms with E-state index in [-0.39, 0.29) is 5.69 Å². The highest BCUT2D eigenvalue weighted by molar-refractivity contribution is 7.13. The van der Waals surface area contributed by atoms with Crippen molar-refractivity contribution in [3.8, 4) is 10.6 Å². The average Bonchev–Trinajstić information content (AvgIpc) is 3.02. The smallest absolute Gasteiger partial charge is 0.355 e. The van der Waals surface area contributed by atoms with E-state index in [2.05, 4.69) is 9.98 Å². The Balaban J connectivity index is 2.70. The first-order valence-corrected chi connectivity index (χ1v) is 8.56. The van der Waals surface area contributed by atoms with Crippen LogP contribution in [0, 0.1) is 6.92 Å². The van der Waals surface area contributed by atoms with Gasteiger partial charge in [-0.05, 0) is 38.0 Å². The molecule has 0 unspecified atom stereocenters. The van der Waals surface area contributed by atoms with E-state index in [1.165, 1.54) is 17.5 Å². The molecule has 0 radical (unpaired) electrons. The van der Waals surface area contributed by atoms with Gasteiger partial charge in [-0.3, -0.25) is 4.99 Å². The molecule has 0 aliphatic heterocycles.